The van der Waals surface area contributed by atoms with Crippen molar-refractivity contribution in [3.8, 4) is 0 Å². The van der Waals surface area contributed by atoms with Crippen LogP contribution in [0.4, 0.5) is 5.82 Å². The van der Waals surface area contributed by atoms with Gasteiger partial charge in [0.2, 0.25) is 0 Å². The van der Waals surface area contributed by atoms with Gasteiger partial charge in [-0.25, -0.2) is 13.4 Å². The first-order valence-corrected chi connectivity index (χ1v) is 9.55. The average molecular weight is 337 g/mol. The first kappa shape index (κ1) is 15.9. The molecule has 20 heavy (non-hydrogen) atoms. The second kappa shape index (κ2) is 6.51. The van der Waals surface area contributed by atoms with Gasteiger partial charge in [-0.05, 0) is 11.6 Å². The number of pyridine rings is 1. The normalized spacial score (nSPS) is 20.1. The molecule has 0 amide bonds. The van der Waals surface area contributed by atoms with Gasteiger partial charge in [-0.1, -0.05) is 18.5 Å². The van der Waals surface area contributed by atoms with E-state index < -0.39 is 15.2 Å². The number of rotatable bonds is 4. The van der Waals surface area contributed by atoms with E-state index in [1.807, 2.05) is 0 Å². The van der Waals surface area contributed by atoms with Crippen molar-refractivity contribution in [1.29, 1.82) is 0 Å². The van der Waals surface area contributed by atoms with Crippen molar-refractivity contribution in [2.45, 2.75) is 18.9 Å². The van der Waals surface area contributed by atoms with Crippen LogP contribution in [0.2, 0.25) is 5.02 Å². The number of sulfone groups is 1. The molecule has 1 aliphatic heterocycles. The molecule has 0 saturated carbocycles. The third kappa shape index (κ3) is 3.21. The summed E-state index contributed by atoms with van der Waals surface area (Å²) in [5.41, 5.74) is 0.611. The molecule has 1 fully saturated rings. The Bertz CT molecular complexity index is 580. The minimum atomic E-state index is -3.19. The first-order chi connectivity index (χ1) is 9.49. The smallest absolute Gasteiger partial charge is 0.171 e. The molecule has 0 aromatic carbocycles. The van der Waals surface area contributed by atoms with E-state index in [4.69, 9.17) is 16.7 Å². The average Bonchev–Trinajstić information content (AvgIpc) is 2.47. The van der Waals surface area contributed by atoms with Gasteiger partial charge in [-0.3, -0.25) is 0 Å². The lowest BCUT2D eigenvalue weighted by Crippen LogP contribution is -2.48. The lowest BCUT2D eigenvalue weighted by atomic mass is 10.3. The van der Waals surface area contributed by atoms with Crippen LogP contribution in [0.1, 0.15) is 12.5 Å². The Balaban J connectivity index is 2.38. The van der Waals surface area contributed by atoms with Crippen LogP contribution < -0.4 is 4.90 Å². The van der Waals surface area contributed by atoms with Crippen molar-refractivity contribution in [3.63, 3.8) is 0 Å². The molecule has 2 rings (SSSR count). The van der Waals surface area contributed by atoms with Gasteiger partial charge < -0.3 is 10.0 Å². The van der Waals surface area contributed by atoms with Crippen molar-refractivity contribution in [1.82, 2.24) is 4.98 Å². The molecule has 1 aromatic rings. The molecular formula is C12H17ClN2O3S2. The summed E-state index contributed by atoms with van der Waals surface area (Å²) in [6.45, 7) is 2.11. The van der Waals surface area contributed by atoms with E-state index in [2.05, 4.69) is 4.98 Å². The minimum absolute atomic E-state index is 0.0983. The quantitative estimate of drug-likeness (QED) is 0.899. The molecule has 112 valence electrons. The maximum Gasteiger partial charge on any atom is 0.171 e. The maximum atomic E-state index is 12.2. The predicted octanol–water partition coefficient (Wildman–Crippen LogP) is 1.54. The molecule has 2 heterocycles. The van der Waals surface area contributed by atoms with Gasteiger partial charge >= 0.3 is 0 Å². The van der Waals surface area contributed by atoms with E-state index in [0.29, 0.717) is 28.7 Å². The molecule has 1 aromatic heterocycles. The number of aliphatic hydroxyl groups excluding tert-OH is 1. The lowest BCUT2D eigenvalue weighted by Gasteiger charge is -2.36. The van der Waals surface area contributed by atoms with Crippen LogP contribution in [0.3, 0.4) is 0 Å². The highest BCUT2D eigenvalue weighted by Crippen LogP contribution is 2.31. The zero-order valence-corrected chi connectivity index (χ0v) is 13.5. The van der Waals surface area contributed by atoms with Gasteiger partial charge in [0.1, 0.15) is 11.2 Å². The number of anilines is 1. The standard InChI is InChI=1S/C12H17ClN2O3S2/c1-2-20(17,18)11-8-19-4-3-15(11)12-10(13)5-9(7-16)6-14-12/h5-6,11,16H,2-4,7-8H2,1H3. The molecule has 1 aliphatic rings. The number of hydrogen-bond acceptors (Lipinski definition) is 6. The molecule has 0 aliphatic carbocycles. The summed E-state index contributed by atoms with van der Waals surface area (Å²) in [7, 11) is -3.19. The fraction of sp³-hybridized carbons (Fsp3) is 0.583. The Morgan fingerprint density at radius 3 is 2.95 bits per heavy atom. The number of aliphatic hydroxyl groups is 1. The van der Waals surface area contributed by atoms with Crippen molar-refractivity contribution >= 4 is 39.0 Å². The van der Waals surface area contributed by atoms with Crippen LogP contribution in [-0.2, 0) is 16.4 Å². The monoisotopic (exact) mass is 336 g/mol. The van der Waals surface area contributed by atoms with E-state index >= 15 is 0 Å². The summed E-state index contributed by atoms with van der Waals surface area (Å²) in [5.74, 6) is 1.94. The van der Waals surface area contributed by atoms with Gasteiger partial charge in [0.05, 0.1) is 11.6 Å². The SMILES string of the molecule is CCS(=O)(=O)C1CSCCN1c1ncc(CO)cc1Cl. The second-order valence-electron chi connectivity index (χ2n) is 4.48. The molecule has 0 bridgehead atoms. The Labute approximate surface area is 128 Å². The van der Waals surface area contributed by atoms with E-state index in [1.165, 1.54) is 6.20 Å². The van der Waals surface area contributed by atoms with Crippen molar-refractivity contribution in [2.24, 2.45) is 0 Å². The van der Waals surface area contributed by atoms with E-state index in [-0.39, 0.29) is 12.4 Å². The molecule has 0 spiro atoms. The van der Waals surface area contributed by atoms with E-state index in [1.54, 1.807) is 29.7 Å². The fourth-order valence-electron chi connectivity index (χ4n) is 2.08. The van der Waals surface area contributed by atoms with Gasteiger partial charge in [0.25, 0.3) is 0 Å². The zero-order valence-electron chi connectivity index (χ0n) is 11.1. The summed E-state index contributed by atoms with van der Waals surface area (Å²) in [5, 5.41) is 8.86. The molecule has 1 N–H and O–H groups in total. The lowest BCUT2D eigenvalue weighted by molar-refractivity contribution is 0.281. The van der Waals surface area contributed by atoms with Crippen LogP contribution in [-0.4, -0.2) is 47.7 Å². The summed E-state index contributed by atoms with van der Waals surface area (Å²) in [4.78, 5) is 5.99. The molecule has 8 heteroatoms. The van der Waals surface area contributed by atoms with Gasteiger partial charge in [0, 0.05) is 30.0 Å². The van der Waals surface area contributed by atoms with Crippen LogP contribution in [0.5, 0.6) is 0 Å². The van der Waals surface area contributed by atoms with E-state index in [0.717, 1.165) is 5.75 Å². The van der Waals surface area contributed by atoms with Gasteiger partial charge in [-0.15, -0.1) is 0 Å². The van der Waals surface area contributed by atoms with Gasteiger partial charge in [0.15, 0.2) is 9.84 Å². The molecule has 1 saturated heterocycles. The van der Waals surface area contributed by atoms with Gasteiger partial charge in [-0.2, -0.15) is 11.8 Å². The van der Waals surface area contributed by atoms with Crippen molar-refractivity contribution in [3.05, 3.63) is 22.8 Å². The number of halogens is 1. The minimum Gasteiger partial charge on any atom is -0.392 e. The Morgan fingerprint density at radius 1 is 1.60 bits per heavy atom. The topological polar surface area (TPSA) is 70.5 Å². The number of hydrogen-bond donors (Lipinski definition) is 1. The van der Waals surface area contributed by atoms with Crippen LogP contribution in [0, 0.1) is 0 Å². The third-order valence-corrected chi connectivity index (χ3v) is 6.80. The van der Waals surface area contributed by atoms with Crippen LogP contribution in [0.25, 0.3) is 0 Å². The number of nitrogens with zero attached hydrogens (tertiary/aromatic N) is 2. The van der Waals surface area contributed by atoms with Crippen LogP contribution >= 0.6 is 23.4 Å². The molecular weight excluding hydrogens is 320 g/mol. The molecule has 5 nitrogen and oxygen atoms in total. The van der Waals surface area contributed by atoms with E-state index in [9.17, 15) is 8.42 Å². The Hall–Kier alpha value is -0.500. The number of aromatic nitrogens is 1. The molecule has 0 radical (unpaired) electrons. The Morgan fingerprint density at radius 2 is 2.35 bits per heavy atom. The summed E-state index contributed by atoms with van der Waals surface area (Å²) in [6, 6.07) is 1.63. The summed E-state index contributed by atoms with van der Waals surface area (Å²) < 4.78 is 24.4. The fourth-order valence-corrected chi connectivity index (χ4v) is 5.35. The predicted molar refractivity (Wildman–Crippen MR) is 83.1 cm³/mol. The van der Waals surface area contributed by atoms with Crippen LogP contribution in [0.15, 0.2) is 12.3 Å². The Kier molecular flexibility index (Phi) is 5.17. The largest absolute Gasteiger partial charge is 0.392 e. The highest BCUT2D eigenvalue weighted by Gasteiger charge is 2.34. The summed E-state index contributed by atoms with van der Waals surface area (Å²) >= 11 is 7.81. The zero-order chi connectivity index (χ0) is 14.8. The maximum absolute atomic E-state index is 12.2. The highest BCUT2D eigenvalue weighted by atomic mass is 35.5. The van der Waals surface area contributed by atoms with Crippen molar-refractivity contribution < 1.29 is 13.5 Å². The highest BCUT2D eigenvalue weighted by molar-refractivity contribution is 8.01. The van der Waals surface area contributed by atoms with Crippen molar-refractivity contribution in [2.75, 3.05) is 28.7 Å². The third-order valence-electron chi connectivity index (χ3n) is 3.23. The summed E-state index contributed by atoms with van der Waals surface area (Å²) in [6.07, 6.45) is 1.53. The first-order valence-electron chi connectivity index (χ1n) is 6.31. The second-order valence-corrected chi connectivity index (χ2v) is 8.49. The number of thioether (sulfide) groups is 1. The molecule has 1 atom stereocenters. The molecule has 1 unspecified atom stereocenters.